The zero-order valence-corrected chi connectivity index (χ0v) is 14.5. The molecule has 2 aromatic rings. The Kier molecular flexibility index (Phi) is 4.90. The Labute approximate surface area is 148 Å². The Morgan fingerprint density at radius 2 is 1.57 bits per heavy atom. The highest BCUT2D eigenvalue weighted by atomic mass is 35.5. The van der Waals surface area contributed by atoms with E-state index in [4.69, 9.17) is 23.2 Å². The molecule has 1 fully saturated rings. The lowest BCUT2D eigenvalue weighted by Gasteiger charge is -2.34. The number of amides is 2. The summed E-state index contributed by atoms with van der Waals surface area (Å²) in [6.45, 7) is 2.05. The predicted molar refractivity (Wildman–Crippen MR) is 92.6 cm³/mol. The van der Waals surface area contributed by atoms with Crippen molar-refractivity contribution in [1.82, 2.24) is 9.80 Å². The molecule has 1 aliphatic heterocycles. The Balaban J connectivity index is 1.62. The quantitative estimate of drug-likeness (QED) is 0.811. The van der Waals surface area contributed by atoms with Gasteiger partial charge in [0.05, 0.1) is 9.21 Å². The number of hydrogen-bond acceptors (Lipinski definition) is 3. The van der Waals surface area contributed by atoms with Gasteiger partial charge in [-0.15, -0.1) is 11.3 Å². The van der Waals surface area contributed by atoms with Gasteiger partial charge in [-0.1, -0.05) is 29.3 Å². The summed E-state index contributed by atoms with van der Waals surface area (Å²) in [5.41, 5.74) is 0.572. The maximum atomic E-state index is 12.5. The molecule has 120 valence electrons. The Hall–Kier alpha value is -1.56. The van der Waals surface area contributed by atoms with E-state index in [0.29, 0.717) is 46.0 Å². The summed E-state index contributed by atoms with van der Waals surface area (Å²) >= 11 is 13.1. The fourth-order valence-electron chi connectivity index (χ4n) is 2.50. The molecule has 0 spiro atoms. The molecule has 1 saturated heterocycles. The van der Waals surface area contributed by atoms with Gasteiger partial charge in [0.15, 0.2) is 0 Å². The van der Waals surface area contributed by atoms with Crippen LogP contribution < -0.4 is 0 Å². The third-order valence-electron chi connectivity index (χ3n) is 3.71. The number of thiophene rings is 1. The van der Waals surface area contributed by atoms with E-state index in [1.54, 1.807) is 46.2 Å². The monoisotopic (exact) mass is 368 g/mol. The minimum absolute atomic E-state index is 0.0308. The van der Waals surface area contributed by atoms with Crippen molar-refractivity contribution in [2.24, 2.45) is 0 Å². The molecule has 2 heterocycles. The van der Waals surface area contributed by atoms with Crippen molar-refractivity contribution in [3.05, 3.63) is 56.2 Å². The number of piperazine rings is 1. The molecular formula is C16H14Cl2N2O2S. The van der Waals surface area contributed by atoms with Crippen LogP contribution in [0.3, 0.4) is 0 Å². The number of halogens is 2. The topological polar surface area (TPSA) is 40.6 Å². The van der Waals surface area contributed by atoms with Crippen molar-refractivity contribution in [2.45, 2.75) is 0 Å². The Morgan fingerprint density at radius 3 is 2.13 bits per heavy atom. The first-order chi connectivity index (χ1) is 11.0. The molecule has 0 radical (unpaired) electrons. The Morgan fingerprint density at radius 1 is 0.913 bits per heavy atom. The van der Waals surface area contributed by atoms with Crippen LogP contribution in [0.4, 0.5) is 0 Å². The van der Waals surface area contributed by atoms with Crippen molar-refractivity contribution in [3.8, 4) is 0 Å². The number of carbonyl (C=O) groups is 2. The summed E-state index contributed by atoms with van der Waals surface area (Å²) in [5.74, 6) is -0.0875. The Bertz CT molecular complexity index is 739. The zero-order valence-electron chi connectivity index (χ0n) is 12.2. The second-order valence-electron chi connectivity index (χ2n) is 5.20. The van der Waals surface area contributed by atoms with Crippen LogP contribution in [-0.4, -0.2) is 47.8 Å². The van der Waals surface area contributed by atoms with Crippen LogP contribution in [0.5, 0.6) is 0 Å². The van der Waals surface area contributed by atoms with E-state index in [0.717, 1.165) is 0 Å². The van der Waals surface area contributed by atoms with Gasteiger partial charge in [-0.05, 0) is 30.3 Å². The van der Waals surface area contributed by atoms with Gasteiger partial charge in [0.25, 0.3) is 11.8 Å². The summed E-state index contributed by atoms with van der Waals surface area (Å²) < 4.78 is 0.600. The highest BCUT2D eigenvalue weighted by Gasteiger charge is 2.26. The minimum atomic E-state index is -0.0567. The lowest BCUT2D eigenvalue weighted by molar-refractivity contribution is 0.0538. The van der Waals surface area contributed by atoms with E-state index in [-0.39, 0.29) is 11.8 Å². The van der Waals surface area contributed by atoms with E-state index in [2.05, 4.69) is 0 Å². The molecule has 0 unspecified atom stereocenters. The van der Waals surface area contributed by atoms with Gasteiger partial charge in [0.1, 0.15) is 0 Å². The maximum absolute atomic E-state index is 12.5. The second-order valence-corrected chi connectivity index (χ2v) is 7.35. The summed E-state index contributed by atoms with van der Waals surface area (Å²) in [4.78, 5) is 28.9. The molecule has 7 heteroatoms. The fraction of sp³-hybridized carbons (Fsp3) is 0.250. The number of nitrogens with zero attached hydrogens (tertiary/aromatic N) is 2. The van der Waals surface area contributed by atoms with Crippen molar-refractivity contribution in [2.75, 3.05) is 26.2 Å². The van der Waals surface area contributed by atoms with Gasteiger partial charge in [0.2, 0.25) is 0 Å². The zero-order chi connectivity index (χ0) is 16.4. The van der Waals surface area contributed by atoms with Crippen LogP contribution in [0.25, 0.3) is 0 Å². The summed E-state index contributed by atoms with van der Waals surface area (Å²) in [5, 5.41) is 0.541. The third kappa shape index (κ3) is 3.68. The smallest absolute Gasteiger partial charge is 0.264 e. The molecule has 4 nitrogen and oxygen atoms in total. The van der Waals surface area contributed by atoms with Crippen LogP contribution in [-0.2, 0) is 0 Å². The molecule has 0 saturated carbocycles. The fourth-order valence-corrected chi connectivity index (χ4v) is 3.70. The summed E-state index contributed by atoms with van der Waals surface area (Å²) in [6, 6.07) is 10.4. The predicted octanol–water partition coefficient (Wildman–Crippen LogP) is 3.65. The largest absolute Gasteiger partial charge is 0.335 e. The van der Waals surface area contributed by atoms with E-state index >= 15 is 0 Å². The van der Waals surface area contributed by atoms with Crippen LogP contribution >= 0.6 is 34.5 Å². The van der Waals surface area contributed by atoms with Crippen LogP contribution in [0.15, 0.2) is 36.4 Å². The third-order valence-corrected chi connectivity index (χ3v) is 5.16. The molecule has 0 aliphatic carbocycles. The van der Waals surface area contributed by atoms with Crippen LogP contribution in [0.2, 0.25) is 9.36 Å². The lowest BCUT2D eigenvalue weighted by atomic mass is 10.2. The first-order valence-corrected chi connectivity index (χ1v) is 8.71. The van der Waals surface area contributed by atoms with Crippen molar-refractivity contribution in [1.29, 1.82) is 0 Å². The molecule has 0 bridgehead atoms. The van der Waals surface area contributed by atoms with Gasteiger partial charge in [-0.2, -0.15) is 0 Å². The average molecular weight is 369 g/mol. The van der Waals surface area contributed by atoms with Gasteiger partial charge >= 0.3 is 0 Å². The van der Waals surface area contributed by atoms with E-state index in [1.165, 1.54) is 11.3 Å². The average Bonchev–Trinajstić information content (AvgIpc) is 3.00. The SMILES string of the molecule is O=C(c1cccc(Cl)c1)N1CCN(C(=O)c2ccc(Cl)s2)CC1. The molecule has 1 aromatic carbocycles. The van der Waals surface area contributed by atoms with Crippen LogP contribution in [0.1, 0.15) is 20.0 Å². The molecule has 0 N–H and O–H groups in total. The van der Waals surface area contributed by atoms with Crippen molar-refractivity contribution >= 4 is 46.4 Å². The van der Waals surface area contributed by atoms with Gasteiger partial charge < -0.3 is 9.80 Å². The normalized spacial score (nSPS) is 14.9. The number of hydrogen-bond donors (Lipinski definition) is 0. The number of carbonyl (C=O) groups excluding carboxylic acids is 2. The van der Waals surface area contributed by atoms with Gasteiger partial charge in [0, 0.05) is 36.8 Å². The maximum Gasteiger partial charge on any atom is 0.264 e. The highest BCUT2D eigenvalue weighted by molar-refractivity contribution is 7.17. The lowest BCUT2D eigenvalue weighted by Crippen LogP contribution is -2.50. The standard InChI is InChI=1S/C16H14Cl2N2O2S/c17-12-3-1-2-11(10-12)15(21)19-6-8-20(9-7-19)16(22)13-4-5-14(18)23-13/h1-5,10H,6-9H2. The first-order valence-electron chi connectivity index (χ1n) is 7.14. The summed E-state index contributed by atoms with van der Waals surface area (Å²) in [6.07, 6.45) is 0. The number of benzene rings is 1. The molecular weight excluding hydrogens is 355 g/mol. The van der Waals surface area contributed by atoms with Gasteiger partial charge in [-0.3, -0.25) is 9.59 Å². The van der Waals surface area contributed by atoms with E-state index < -0.39 is 0 Å². The molecule has 0 atom stereocenters. The molecule has 1 aliphatic rings. The van der Waals surface area contributed by atoms with E-state index in [9.17, 15) is 9.59 Å². The number of rotatable bonds is 2. The first kappa shape index (κ1) is 16.3. The molecule has 1 aromatic heterocycles. The van der Waals surface area contributed by atoms with Gasteiger partial charge in [-0.25, -0.2) is 0 Å². The van der Waals surface area contributed by atoms with E-state index in [1.807, 2.05) is 0 Å². The summed E-state index contributed by atoms with van der Waals surface area (Å²) in [7, 11) is 0. The highest BCUT2D eigenvalue weighted by Crippen LogP contribution is 2.23. The minimum Gasteiger partial charge on any atom is -0.335 e. The van der Waals surface area contributed by atoms with Crippen LogP contribution in [0, 0.1) is 0 Å². The molecule has 23 heavy (non-hydrogen) atoms. The molecule has 3 rings (SSSR count). The van der Waals surface area contributed by atoms with Crippen molar-refractivity contribution in [3.63, 3.8) is 0 Å². The second kappa shape index (κ2) is 6.91. The molecule has 2 amide bonds. The van der Waals surface area contributed by atoms with Crippen molar-refractivity contribution < 1.29 is 9.59 Å².